The predicted molar refractivity (Wildman–Crippen MR) is 136 cm³/mol. The lowest BCUT2D eigenvalue weighted by Gasteiger charge is -2.24. The maximum atomic E-state index is 13.3. The second-order valence-corrected chi connectivity index (χ2v) is 8.91. The summed E-state index contributed by atoms with van der Waals surface area (Å²) in [7, 11) is 0. The minimum atomic E-state index is -1.14. The van der Waals surface area contributed by atoms with E-state index in [2.05, 4.69) is 4.98 Å². The summed E-state index contributed by atoms with van der Waals surface area (Å²) in [6.07, 6.45) is 2.79. The molecule has 4 rings (SSSR count). The lowest BCUT2D eigenvalue weighted by molar-refractivity contribution is -0.384. The summed E-state index contributed by atoms with van der Waals surface area (Å²) in [5, 5.41) is 22.0. The molecule has 2 heterocycles. The normalized spacial score (nSPS) is 15.5. The second kappa shape index (κ2) is 10.5. The molecule has 1 aliphatic heterocycles. The number of non-ortho nitro benzene ring substituents is 1. The van der Waals surface area contributed by atoms with Crippen LogP contribution in [-0.2, 0) is 14.3 Å². The summed E-state index contributed by atoms with van der Waals surface area (Å²) < 4.78 is 5.05. The number of hydrogen-bond donors (Lipinski definition) is 1. The fourth-order valence-electron chi connectivity index (χ4n) is 3.85. The van der Waals surface area contributed by atoms with Crippen molar-refractivity contribution in [2.24, 2.45) is 0 Å². The van der Waals surface area contributed by atoms with E-state index in [9.17, 15) is 29.6 Å². The standard InChI is InChI=1S/C26H21N3O7S/c1-3-36-25(33)23-15(2)27-26(37-23)28-21(17-10-12-18(13-11-17)29(34)35)20(22(31)24(28)32)19(30)14-9-16-7-5-4-6-8-16/h4-14,21,31H,3H2,1-2H3/b14-9+. The summed E-state index contributed by atoms with van der Waals surface area (Å²) >= 11 is 0.885. The van der Waals surface area contributed by atoms with Crippen molar-refractivity contribution in [2.75, 3.05) is 11.5 Å². The lowest BCUT2D eigenvalue weighted by Crippen LogP contribution is -2.30. The van der Waals surface area contributed by atoms with Crippen LogP contribution in [-0.4, -0.2) is 39.3 Å². The molecule has 1 aliphatic rings. The van der Waals surface area contributed by atoms with Crippen LogP contribution >= 0.6 is 11.3 Å². The minimum Gasteiger partial charge on any atom is -0.503 e. The van der Waals surface area contributed by atoms with Gasteiger partial charge in [-0.15, -0.1) is 0 Å². The van der Waals surface area contributed by atoms with Gasteiger partial charge < -0.3 is 9.84 Å². The molecule has 0 fully saturated rings. The van der Waals surface area contributed by atoms with Crippen molar-refractivity contribution in [3.8, 4) is 0 Å². The van der Waals surface area contributed by atoms with Crippen molar-refractivity contribution >= 4 is 45.9 Å². The van der Waals surface area contributed by atoms with E-state index in [-0.39, 0.29) is 27.9 Å². The smallest absolute Gasteiger partial charge is 0.350 e. The average Bonchev–Trinajstić information content (AvgIpc) is 3.40. The Morgan fingerprint density at radius 3 is 2.49 bits per heavy atom. The van der Waals surface area contributed by atoms with Crippen molar-refractivity contribution in [1.29, 1.82) is 0 Å². The van der Waals surface area contributed by atoms with Crippen LogP contribution in [0.5, 0.6) is 0 Å². The number of ketones is 1. The average molecular weight is 520 g/mol. The van der Waals surface area contributed by atoms with Gasteiger partial charge in [-0.05, 0) is 43.2 Å². The Morgan fingerprint density at radius 1 is 1.19 bits per heavy atom. The van der Waals surface area contributed by atoms with Gasteiger partial charge in [-0.2, -0.15) is 0 Å². The molecule has 1 unspecified atom stereocenters. The number of carbonyl (C=O) groups excluding carboxylic acids is 3. The van der Waals surface area contributed by atoms with Gasteiger partial charge in [-0.3, -0.25) is 24.6 Å². The molecule has 1 atom stereocenters. The highest BCUT2D eigenvalue weighted by molar-refractivity contribution is 7.17. The van der Waals surface area contributed by atoms with E-state index in [4.69, 9.17) is 4.74 Å². The topological polar surface area (TPSA) is 140 Å². The molecule has 3 aromatic rings. The van der Waals surface area contributed by atoms with Crippen LogP contribution in [0.1, 0.15) is 39.5 Å². The van der Waals surface area contributed by atoms with Gasteiger partial charge in [0, 0.05) is 12.1 Å². The first-order valence-electron chi connectivity index (χ1n) is 11.2. The molecule has 37 heavy (non-hydrogen) atoms. The summed E-state index contributed by atoms with van der Waals surface area (Å²) in [4.78, 5) is 55.1. The van der Waals surface area contributed by atoms with E-state index in [1.54, 1.807) is 44.2 Å². The fraction of sp³-hybridized carbons (Fsp3) is 0.154. The maximum Gasteiger partial charge on any atom is 0.350 e. The highest BCUT2D eigenvalue weighted by Gasteiger charge is 2.45. The minimum absolute atomic E-state index is 0.0651. The number of aromatic nitrogens is 1. The number of aliphatic hydroxyl groups excluding tert-OH is 1. The Bertz CT molecular complexity index is 1440. The molecule has 0 radical (unpaired) electrons. The van der Waals surface area contributed by atoms with Crippen LogP contribution < -0.4 is 4.90 Å². The number of nitro groups is 1. The van der Waals surface area contributed by atoms with Crippen LogP contribution in [0.4, 0.5) is 10.8 Å². The number of nitrogens with zero attached hydrogens (tertiary/aromatic N) is 3. The van der Waals surface area contributed by atoms with Gasteiger partial charge in [0.05, 0.1) is 28.8 Å². The van der Waals surface area contributed by atoms with Gasteiger partial charge in [0.15, 0.2) is 16.7 Å². The highest BCUT2D eigenvalue weighted by Crippen LogP contribution is 2.43. The Kier molecular flexibility index (Phi) is 7.25. The number of benzene rings is 2. The van der Waals surface area contributed by atoms with Crippen LogP contribution in [0.2, 0.25) is 0 Å². The van der Waals surface area contributed by atoms with Crippen molar-refractivity contribution in [3.63, 3.8) is 0 Å². The number of amides is 1. The number of esters is 1. The Morgan fingerprint density at radius 2 is 1.86 bits per heavy atom. The van der Waals surface area contributed by atoms with Crippen molar-refractivity contribution in [1.82, 2.24) is 4.98 Å². The molecule has 2 aromatic carbocycles. The first-order chi connectivity index (χ1) is 17.7. The number of aryl methyl sites for hydroxylation is 1. The van der Waals surface area contributed by atoms with E-state index in [1.165, 1.54) is 30.3 Å². The van der Waals surface area contributed by atoms with Crippen LogP contribution in [0.25, 0.3) is 6.08 Å². The van der Waals surface area contributed by atoms with Gasteiger partial charge in [0.2, 0.25) is 0 Å². The highest BCUT2D eigenvalue weighted by atomic mass is 32.1. The fourth-order valence-corrected chi connectivity index (χ4v) is 4.83. The SMILES string of the molecule is CCOC(=O)c1sc(N2C(=O)C(O)=C(C(=O)/C=C/c3ccccc3)C2c2ccc([N+](=O)[O-])cc2)nc1C. The quantitative estimate of drug-likeness (QED) is 0.195. The molecule has 0 spiro atoms. The Labute approximate surface area is 215 Å². The molecule has 0 saturated carbocycles. The molecular formula is C26H21N3O7S. The molecule has 188 valence electrons. The van der Waals surface area contributed by atoms with E-state index >= 15 is 0 Å². The lowest BCUT2D eigenvalue weighted by atomic mass is 9.95. The summed E-state index contributed by atoms with van der Waals surface area (Å²) in [6, 6.07) is 13.2. The van der Waals surface area contributed by atoms with Crippen molar-refractivity contribution < 1.29 is 29.2 Å². The number of allylic oxidation sites excluding steroid dienone is 1. The number of anilines is 1. The number of aliphatic hydroxyl groups is 1. The van der Waals surface area contributed by atoms with Crippen LogP contribution in [0, 0.1) is 17.0 Å². The molecule has 11 heteroatoms. The summed E-state index contributed by atoms with van der Waals surface area (Å²) in [5.41, 5.74) is 0.997. The zero-order valence-electron chi connectivity index (χ0n) is 19.8. The Balaban J connectivity index is 1.80. The van der Waals surface area contributed by atoms with Gasteiger partial charge in [0.25, 0.3) is 11.6 Å². The third kappa shape index (κ3) is 5.02. The van der Waals surface area contributed by atoms with Gasteiger partial charge >= 0.3 is 5.97 Å². The molecule has 1 N–H and O–H groups in total. The number of nitro benzene ring substituents is 1. The predicted octanol–water partition coefficient (Wildman–Crippen LogP) is 4.72. The second-order valence-electron chi connectivity index (χ2n) is 7.93. The number of rotatable bonds is 8. The third-order valence-electron chi connectivity index (χ3n) is 5.57. The summed E-state index contributed by atoms with van der Waals surface area (Å²) in [5.74, 6) is -2.89. The largest absolute Gasteiger partial charge is 0.503 e. The maximum absolute atomic E-state index is 13.3. The van der Waals surface area contributed by atoms with Crippen LogP contribution in [0.15, 0.2) is 72.0 Å². The van der Waals surface area contributed by atoms with Crippen molar-refractivity contribution in [3.05, 3.63) is 104 Å². The van der Waals surface area contributed by atoms with E-state index in [1.807, 2.05) is 6.07 Å². The number of carbonyl (C=O) groups is 3. The number of thiazole rings is 1. The van der Waals surface area contributed by atoms with Gasteiger partial charge in [0.1, 0.15) is 4.88 Å². The van der Waals surface area contributed by atoms with E-state index < -0.39 is 34.4 Å². The first kappa shape index (κ1) is 25.5. The molecule has 0 saturated heterocycles. The zero-order valence-corrected chi connectivity index (χ0v) is 20.6. The molecule has 1 aromatic heterocycles. The summed E-state index contributed by atoms with van der Waals surface area (Å²) in [6.45, 7) is 3.39. The van der Waals surface area contributed by atoms with Gasteiger partial charge in [-0.25, -0.2) is 9.78 Å². The molecular weight excluding hydrogens is 498 g/mol. The van der Waals surface area contributed by atoms with Gasteiger partial charge in [-0.1, -0.05) is 47.7 Å². The number of hydrogen-bond acceptors (Lipinski definition) is 9. The van der Waals surface area contributed by atoms with Crippen LogP contribution in [0.3, 0.4) is 0 Å². The molecule has 1 amide bonds. The zero-order chi connectivity index (χ0) is 26.7. The molecule has 0 aliphatic carbocycles. The first-order valence-corrected chi connectivity index (χ1v) is 12.0. The number of ether oxygens (including phenoxy) is 1. The monoisotopic (exact) mass is 519 g/mol. The van der Waals surface area contributed by atoms with E-state index in [0.29, 0.717) is 11.3 Å². The molecule has 10 nitrogen and oxygen atoms in total. The van der Waals surface area contributed by atoms with Crippen molar-refractivity contribution in [2.45, 2.75) is 19.9 Å². The third-order valence-corrected chi connectivity index (χ3v) is 6.71. The van der Waals surface area contributed by atoms with E-state index in [0.717, 1.165) is 21.8 Å². The molecule has 0 bridgehead atoms. The Hall–Kier alpha value is -4.64.